The van der Waals surface area contributed by atoms with Crippen LogP contribution in [0.1, 0.15) is 98.3 Å². The second-order valence-electron chi connectivity index (χ2n) is 37.4. The van der Waals surface area contributed by atoms with Crippen LogP contribution in [0.25, 0.3) is 44.8 Å². The third-order valence-electron chi connectivity index (χ3n) is 27.1. The zero-order valence-corrected chi connectivity index (χ0v) is 85.8. The summed E-state index contributed by atoms with van der Waals surface area (Å²) in [5.74, 6) is 1.01. The molecule has 730 valence electrons. The van der Waals surface area contributed by atoms with Gasteiger partial charge in [-0.2, -0.15) is 0 Å². The number of thioether (sulfide) groups is 2. The quantitative estimate of drug-likeness (QED) is 0.0164. The molecule has 0 aliphatic carbocycles. The van der Waals surface area contributed by atoms with Crippen LogP contribution in [0.15, 0.2) is 257 Å². The van der Waals surface area contributed by atoms with Gasteiger partial charge in [0, 0.05) is 195 Å². The number of carboxylic acid groups (broad SMARTS) is 1. The number of sulfone groups is 1. The standard InChI is InChI=1S/C55H64ClN6O7PS2.C52H58ClN6O6PS/c1-39(2)61-40(3)55(72(4,67)68)53(54(61)42-13-16-45(56)17-14-42)44-9-8-10-48(36-44)59-31-29-58(30-32-59)46-18-20-47(21-19-46)60-33-34-69-70(60,66)50-22-15-43(52(37-50)62(64)65)35-41(38-71-51-11-6-5-7-12-51)23-26-57-27-24-49(63)25-28-57;1-36(2)58-37(3)49(52(60)61)50(51(58)39-14-17-42(53)18-15-39)41-10-9-11-45(33-41)56-28-26-55(27-29-56)43-19-21-44(22-20-43)57-30-31-65-66(57,64)46-23-16-40(48(34-46)59(62)63)32-38(24-25-54(4)5)35-67-47-12-7-6-8-13-47/h5-22,36-37,39,41,49,63H,23-35,38H2,1-4H3;6-23,33-34,36,38H,24-32,35H2,1-5H3,(H,60,61)/t41-,70-;38-,66+/m00/s1. The van der Waals surface area contributed by atoms with E-state index in [1.807, 2.05) is 186 Å². The minimum atomic E-state index is -3.68. The lowest BCUT2D eigenvalue weighted by atomic mass is 9.96. The van der Waals surface area contributed by atoms with Gasteiger partial charge >= 0.3 is 21.0 Å². The molecular formula is C107H122Cl2N12O13P2S3. The summed E-state index contributed by atoms with van der Waals surface area (Å²) in [7, 11) is -6.88. The Labute approximate surface area is 834 Å². The zero-order valence-electron chi connectivity index (χ0n) is 80.1. The summed E-state index contributed by atoms with van der Waals surface area (Å²) in [4.78, 5) is 54.0. The number of anilines is 6. The lowest BCUT2D eigenvalue weighted by molar-refractivity contribution is -0.385. The number of aliphatic hydroxyl groups excluding tert-OH is 1. The number of carbonyl (C=O) groups is 1. The number of nitro groups is 2. The SMILES string of the molecule is Cc1c(C(=O)O)c(-c2cccc(N3CCN(c4ccc(N5CCO[P@]5(=O)c5ccc(C[C@H](CCN(C)C)CSc6ccccc6)c([N+](=O)[O-])c5)cc4)CC3)c2)c(-c2ccc(Cl)cc2)n1C(C)C.Cc1c(S(C)(=O)=O)c(-c2cccc(N3CCN(c4ccc(N5CCO[P@@]5(=O)c5ccc(C[C@H](CCN6CCC(O)CC6)CSc6ccccc6)c([N+](=O)[O-])c5)cc4)CC3)c2)c(-c2ccc(Cl)cc2)n1C(C)C. The van der Waals surface area contributed by atoms with Crippen LogP contribution in [0.5, 0.6) is 0 Å². The molecule has 5 fully saturated rings. The Morgan fingerprint density at radius 2 is 0.885 bits per heavy atom. The first-order valence-electron chi connectivity index (χ1n) is 47.7. The lowest BCUT2D eigenvalue weighted by Crippen LogP contribution is -2.46. The molecule has 0 amide bonds. The van der Waals surface area contributed by atoms with E-state index in [9.17, 15) is 52.8 Å². The van der Waals surface area contributed by atoms with E-state index in [0.717, 1.165) is 188 Å². The molecule has 32 heteroatoms. The van der Waals surface area contributed by atoms with Gasteiger partial charge in [0.15, 0.2) is 9.84 Å². The first kappa shape index (κ1) is 101. The van der Waals surface area contributed by atoms with Crippen LogP contribution in [0.4, 0.5) is 45.5 Å². The van der Waals surface area contributed by atoms with Gasteiger partial charge in [-0.25, -0.2) is 13.2 Å². The van der Waals surface area contributed by atoms with Crippen LogP contribution < -0.4 is 39.5 Å². The average molecular weight is 2010 g/mol. The number of nitrogens with zero attached hydrogens (tertiary/aromatic N) is 12. The molecule has 0 saturated carbocycles. The molecule has 5 aliphatic heterocycles. The van der Waals surface area contributed by atoms with E-state index in [1.165, 1.54) is 23.3 Å². The van der Waals surface area contributed by atoms with Crippen molar-refractivity contribution in [1.82, 2.24) is 18.9 Å². The van der Waals surface area contributed by atoms with E-state index in [0.29, 0.717) is 90.7 Å². The van der Waals surface area contributed by atoms with E-state index >= 15 is 0 Å². The molecule has 0 spiro atoms. The molecule has 5 saturated heterocycles. The summed E-state index contributed by atoms with van der Waals surface area (Å²) in [5.41, 5.74) is 15.0. The normalized spacial score (nSPS) is 17.7. The number of halogens is 2. The maximum Gasteiger partial charge on any atom is 0.338 e. The number of aliphatic hydroxyl groups is 1. The number of piperazine rings is 2. The summed E-state index contributed by atoms with van der Waals surface area (Å²) in [6.45, 7) is 22.7. The van der Waals surface area contributed by atoms with E-state index in [1.54, 1.807) is 57.1 Å². The van der Waals surface area contributed by atoms with Crippen molar-refractivity contribution in [1.29, 1.82) is 0 Å². The topological polar surface area (TPSA) is 266 Å². The fourth-order valence-electron chi connectivity index (χ4n) is 20.1. The summed E-state index contributed by atoms with van der Waals surface area (Å²) in [5, 5.41) is 47.8. The molecule has 25 nitrogen and oxygen atoms in total. The van der Waals surface area contributed by atoms with Crippen molar-refractivity contribution in [3.05, 3.63) is 301 Å². The molecule has 4 atom stereocenters. The average Bonchev–Trinajstić information content (AvgIpc) is 1.59. The van der Waals surface area contributed by atoms with Crippen LogP contribution in [0.3, 0.4) is 0 Å². The maximum absolute atomic E-state index is 14.9. The van der Waals surface area contributed by atoms with Crippen molar-refractivity contribution in [2.75, 3.05) is 166 Å². The molecule has 7 heterocycles. The Balaban J connectivity index is 0.000000201. The summed E-state index contributed by atoms with van der Waals surface area (Å²) < 4.78 is 76.6. The largest absolute Gasteiger partial charge is 0.478 e. The fraction of sp³-hybridized carbons (Fsp3) is 0.355. The molecule has 0 bridgehead atoms. The predicted molar refractivity (Wildman–Crippen MR) is 568 cm³/mol. The predicted octanol–water partition coefficient (Wildman–Crippen LogP) is 22.7. The molecule has 5 aliphatic rings. The van der Waals surface area contributed by atoms with Gasteiger partial charge in [-0.1, -0.05) is 120 Å². The molecule has 0 unspecified atom stereocenters. The Morgan fingerprint density at radius 3 is 1.29 bits per heavy atom. The number of aromatic carboxylic acids is 1. The molecule has 139 heavy (non-hydrogen) atoms. The van der Waals surface area contributed by atoms with Crippen molar-refractivity contribution in [3.63, 3.8) is 0 Å². The van der Waals surface area contributed by atoms with Gasteiger partial charge in [-0.05, 0) is 275 Å². The Kier molecular flexibility index (Phi) is 32.5. The fourth-order valence-corrected chi connectivity index (χ4v) is 28.2. The van der Waals surface area contributed by atoms with Crippen molar-refractivity contribution in [3.8, 4) is 44.8 Å². The minimum absolute atomic E-state index is 0.00198. The second kappa shape index (κ2) is 44.6. The molecule has 12 aromatic rings. The van der Waals surface area contributed by atoms with E-state index in [2.05, 4.69) is 115 Å². The lowest BCUT2D eigenvalue weighted by Gasteiger charge is -2.37. The third kappa shape index (κ3) is 23.2. The third-order valence-corrected chi connectivity index (χ3v) is 36.4. The number of hydrogen-bond acceptors (Lipinski definition) is 20. The highest BCUT2D eigenvalue weighted by Crippen LogP contribution is 2.58. The van der Waals surface area contributed by atoms with Gasteiger partial charge in [-0.3, -0.25) is 38.7 Å². The number of piperidine rings is 1. The number of rotatable bonds is 34. The van der Waals surface area contributed by atoms with Crippen molar-refractivity contribution >= 4 is 134 Å². The smallest absolute Gasteiger partial charge is 0.338 e. The molecule has 2 N–H and O–H groups in total. The van der Waals surface area contributed by atoms with Crippen LogP contribution in [0, 0.1) is 45.9 Å². The van der Waals surface area contributed by atoms with Gasteiger partial charge in [-0.15, -0.1) is 23.5 Å². The summed E-state index contributed by atoms with van der Waals surface area (Å²) in [6.07, 6.45) is 5.35. The van der Waals surface area contributed by atoms with Crippen molar-refractivity contribution in [2.45, 2.75) is 113 Å². The monoisotopic (exact) mass is 2010 g/mol. The van der Waals surface area contributed by atoms with Gasteiger partial charge < -0.3 is 57.8 Å². The van der Waals surface area contributed by atoms with Crippen LogP contribution in [-0.4, -0.2) is 196 Å². The Hall–Kier alpha value is -10.7. The Bertz CT molecular complexity index is 6580. The number of carboxylic acids is 1. The van der Waals surface area contributed by atoms with E-state index in [4.69, 9.17) is 32.2 Å². The molecule has 10 aromatic carbocycles. The summed E-state index contributed by atoms with van der Waals surface area (Å²) >= 11 is 16.1. The van der Waals surface area contributed by atoms with Crippen molar-refractivity contribution in [2.24, 2.45) is 11.8 Å². The minimum Gasteiger partial charge on any atom is -0.478 e. The maximum atomic E-state index is 14.9. The van der Waals surface area contributed by atoms with E-state index in [-0.39, 0.29) is 64.5 Å². The molecule has 17 rings (SSSR count). The van der Waals surface area contributed by atoms with Gasteiger partial charge in [0.2, 0.25) is 0 Å². The highest BCUT2D eigenvalue weighted by molar-refractivity contribution is 7.99. The van der Waals surface area contributed by atoms with E-state index < -0.39 is 30.8 Å². The number of nitro benzene ring substituents is 2. The highest BCUT2D eigenvalue weighted by atomic mass is 35.5. The van der Waals surface area contributed by atoms with Crippen LogP contribution >= 0.6 is 61.8 Å². The number of likely N-dealkylation sites (tertiary alicyclic amines) is 1. The highest BCUT2D eigenvalue weighted by Gasteiger charge is 2.44. The first-order chi connectivity index (χ1) is 66.8. The first-order valence-corrected chi connectivity index (χ1v) is 55.4. The number of aromatic nitrogens is 2. The second-order valence-corrected chi connectivity index (χ2v) is 47.0. The van der Waals surface area contributed by atoms with Gasteiger partial charge in [0.05, 0.1) is 74.7 Å². The van der Waals surface area contributed by atoms with Gasteiger partial charge in [0.25, 0.3) is 11.4 Å². The van der Waals surface area contributed by atoms with Gasteiger partial charge in [0.1, 0.15) is 0 Å². The summed E-state index contributed by atoms with van der Waals surface area (Å²) in [6, 6.07) is 77.9. The number of benzene rings is 10. The molecule has 0 radical (unpaired) electrons. The van der Waals surface area contributed by atoms with Crippen molar-refractivity contribution < 1.29 is 51.4 Å². The van der Waals surface area contributed by atoms with Crippen LogP contribution in [0.2, 0.25) is 10.0 Å². The molecular weight excluding hydrogens is 1890 g/mol. The zero-order chi connectivity index (χ0) is 98.1. The Morgan fingerprint density at radius 1 is 0.489 bits per heavy atom. The molecule has 2 aromatic heterocycles. The van der Waals surface area contributed by atoms with Crippen LogP contribution in [-0.2, 0) is 40.9 Å². The number of hydrogen-bond donors (Lipinski definition) is 2.